The molecule has 0 aliphatic carbocycles. The molecular formula is C7H14O4S2. The van der Waals surface area contributed by atoms with Crippen molar-refractivity contribution in [2.75, 3.05) is 23.5 Å². The molecule has 0 N–H and O–H groups in total. The highest BCUT2D eigenvalue weighted by atomic mass is 32.2. The van der Waals surface area contributed by atoms with Crippen LogP contribution in [0.3, 0.4) is 0 Å². The van der Waals surface area contributed by atoms with Crippen LogP contribution in [0.1, 0.15) is 13.3 Å². The monoisotopic (exact) mass is 226 g/mol. The van der Waals surface area contributed by atoms with E-state index in [0.717, 1.165) is 6.26 Å². The Bertz CT molecular complexity index is 292. The normalized spacial score (nSPS) is 14.0. The molecule has 0 fully saturated rings. The lowest BCUT2D eigenvalue weighted by Crippen LogP contribution is -2.14. The average Bonchev–Trinajstić information content (AvgIpc) is 1.95. The molecule has 4 nitrogen and oxygen atoms in total. The third-order valence-electron chi connectivity index (χ3n) is 1.36. The van der Waals surface area contributed by atoms with E-state index < -0.39 is 20.6 Å². The minimum absolute atomic E-state index is 0.0206. The zero-order valence-electron chi connectivity index (χ0n) is 7.78. The molecule has 0 spiro atoms. The molecule has 0 aliphatic heterocycles. The van der Waals surface area contributed by atoms with E-state index in [1.165, 1.54) is 6.92 Å². The SMILES string of the molecule is CC(=O)CCS(=O)CCS(C)(=O)=O. The fraction of sp³-hybridized carbons (Fsp3) is 0.857. The van der Waals surface area contributed by atoms with Gasteiger partial charge >= 0.3 is 0 Å². The van der Waals surface area contributed by atoms with E-state index in [4.69, 9.17) is 0 Å². The van der Waals surface area contributed by atoms with Gasteiger partial charge in [0.05, 0.1) is 5.75 Å². The summed E-state index contributed by atoms with van der Waals surface area (Å²) < 4.78 is 32.4. The Balaban J connectivity index is 3.71. The van der Waals surface area contributed by atoms with Crippen LogP contribution < -0.4 is 0 Å². The maximum Gasteiger partial charge on any atom is 0.148 e. The highest BCUT2D eigenvalue weighted by Crippen LogP contribution is 1.92. The van der Waals surface area contributed by atoms with Gasteiger partial charge in [0.15, 0.2) is 0 Å². The van der Waals surface area contributed by atoms with Crippen LogP contribution in [0, 0.1) is 0 Å². The van der Waals surface area contributed by atoms with Crippen molar-refractivity contribution in [1.82, 2.24) is 0 Å². The van der Waals surface area contributed by atoms with Gasteiger partial charge in [-0.1, -0.05) is 0 Å². The summed E-state index contributed by atoms with van der Waals surface area (Å²) in [7, 11) is -4.22. The average molecular weight is 226 g/mol. The van der Waals surface area contributed by atoms with Gasteiger partial charge in [0.1, 0.15) is 15.6 Å². The maximum absolute atomic E-state index is 11.1. The topological polar surface area (TPSA) is 68.3 Å². The first-order valence-electron chi connectivity index (χ1n) is 3.83. The van der Waals surface area contributed by atoms with Crippen LogP contribution in [0.5, 0.6) is 0 Å². The molecule has 6 heteroatoms. The van der Waals surface area contributed by atoms with Crippen molar-refractivity contribution in [3.63, 3.8) is 0 Å². The standard InChI is InChI=1S/C7H14O4S2/c1-7(8)3-4-12(9)5-6-13(2,10)11/h3-6H2,1-2H3. The largest absolute Gasteiger partial charge is 0.300 e. The molecule has 0 aliphatic rings. The Morgan fingerprint density at radius 1 is 1.31 bits per heavy atom. The second-order valence-electron chi connectivity index (χ2n) is 2.93. The first-order valence-corrected chi connectivity index (χ1v) is 7.38. The van der Waals surface area contributed by atoms with Crippen molar-refractivity contribution in [1.29, 1.82) is 0 Å². The quantitative estimate of drug-likeness (QED) is 0.627. The molecule has 78 valence electrons. The molecule has 0 rings (SSSR count). The van der Waals surface area contributed by atoms with Gasteiger partial charge in [-0.15, -0.1) is 0 Å². The number of sulfone groups is 1. The Morgan fingerprint density at radius 2 is 1.85 bits per heavy atom. The van der Waals surface area contributed by atoms with Gasteiger partial charge in [0.25, 0.3) is 0 Å². The Kier molecular flexibility index (Phi) is 5.39. The number of carbonyl (C=O) groups is 1. The van der Waals surface area contributed by atoms with Crippen LogP contribution in [-0.2, 0) is 25.4 Å². The smallest absolute Gasteiger partial charge is 0.148 e. The molecule has 0 heterocycles. The summed E-state index contributed by atoms with van der Waals surface area (Å²) in [6, 6.07) is 0. The molecule has 0 saturated heterocycles. The highest BCUT2D eigenvalue weighted by Gasteiger charge is 2.07. The van der Waals surface area contributed by atoms with Crippen LogP contribution in [0.4, 0.5) is 0 Å². The maximum atomic E-state index is 11.1. The first-order chi connectivity index (χ1) is 5.81. The van der Waals surface area contributed by atoms with Crippen molar-refractivity contribution in [2.45, 2.75) is 13.3 Å². The number of Topliss-reactive ketones (excluding diaryl/α,β-unsaturated/α-hetero) is 1. The lowest BCUT2D eigenvalue weighted by molar-refractivity contribution is -0.116. The molecule has 0 aromatic rings. The van der Waals surface area contributed by atoms with Crippen LogP contribution in [-0.4, -0.2) is 41.9 Å². The second kappa shape index (κ2) is 5.49. The predicted molar refractivity (Wildman–Crippen MR) is 52.9 cm³/mol. The number of carbonyl (C=O) groups excluding carboxylic acids is 1. The van der Waals surface area contributed by atoms with Crippen LogP contribution in [0.15, 0.2) is 0 Å². The summed E-state index contributed by atoms with van der Waals surface area (Å²) >= 11 is 0. The van der Waals surface area contributed by atoms with Gasteiger partial charge < -0.3 is 0 Å². The summed E-state index contributed by atoms with van der Waals surface area (Å²) in [6.07, 6.45) is 1.37. The van der Waals surface area contributed by atoms with Crippen molar-refractivity contribution in [3.8, 4) is 0 Å². The second-order valence-corrected chi connectivity index (χ2v) is 6.89. The highest BCUT2D eigenvalue weighted by molar-refractivity contribution is 7.92. The Hall–Kier alpha value is -0.230. The number of rotatable bonds is 6. The van der Waals surface area contributed by atoms with Crippen LogP contribution in [0.25, 0.3) is 0 Å². The van der Waals surface area contributed by atoms with Crippen molar-refractivity contribution in [2.24, 2.45) is 0 Å². The van der Waals surface area contributed by atoms with Crippen molar-refractivity contribution >= 4 is 26.4 Å². The summed E-state index contributed by atoms with van der Waals surface area (Å²) in [5.41, 5.74) is 0. The molecule has 0 aromatic carbocycles. The molecule has 0 radical (unpaired) electrons. The molecule has 1 unspecified atom stereocenters. The van der Waals surface area contributed by atoms with E-state index in [1.54, 1.807) is 0 Å². The van der Waals surface area contributed by atoms with E-state index in [-0.39, 0.29) is 29.5 Å². The third kappa shape index (κ3) is 9.69. The van der Waals surface area contributed by atoms with Gasteiger partial charge in [-0.3, -0.25) is 9.00 Å². The lowest BCUT2D eigenvalue weighted by atomic mass is 10.4. The fourth-order valence-corrected chi connectivity index (χ4v) is 3.28. The predicted octanol–water partition coefficient (Wildman–Crippen LogP) is -0.241. The molecule has 1 atom stereocenters. The zero-order chi connectivity index (χ0) is 10.5. The number of hydrogen-bond donors (Lipinski definition) is 0. The van der Waals surface area contributed by atoms with E-state index in [0.29, 0.717) is 0 Å². The van der Waals surface area contributed by atoms with Crippen molar-refractivity contribution < 1.29 is 17.4 Å². The number of hydrogen-bond acceptors (Lipinski definition) is 4. The van der Waals surface area contributed by atoms with Gasteiger partial charge in [0.2, 0.25) is 0 Å². The summed E-state index contributed by atoms with van der Waals surface area (Å²) in [4.78, 5) is 10.5. The zero-order valence-corrected chi connectivity index (χ0v) is 9.41. The lowest BCUT2D eigenvalue weighted by Gasteiger charge is -1.98. The third-order valence-corrected chi connectivity index (χ3v) is 3.89. The Morgan fingerprint density at radius 3 is 2.23 bits per heavy atom. The van der Waals surface area contributed by atoms with Gasteiger partial charge in [-0.2, -0.15) is 0 Å². The van der Waals surface area contributed by atoms with Crippen LogP contribution in [0.2, 0.25) is 0 Å². The van der Waals surface area contributed by atoms with Crippen molar-refractivity contribution in [3.05, 3.63) is 0 Å². The molecular weight excluding hydrogens is 212 g/mol. The van der Waals surface area contributed by atoms with Crippen LogP contribution >= 0.6 is 0 Å². The van der Waals surface area contributed by atoms with Gasteiger partial charge in [-0.25, -0.2) is 8.42 Å². The molecule has 0 aromatic heterocycles. The molecule has 0 amide bonds. The van der Waals surface area contributed by atoms with E-state index >= 15 is 0 Å². The Labute approximate surface area is 81.1 Å². The van der Waals surface area contributed by atoms with Gasteiger partial charge in [0, 0.05) is 35.0 Å². The van der Waals surface area contributed by atoms with E-state index in [1.807, 2.05) is 0 Å². The first kappa shape index (κ1) is 12.8. The summed E-state index contributed by atoms with van der Waals surface area (Å²) in [5, 5.41) is 0. The molecule has 0 saturated carbocycles. The summed E-state index contributed by atoms with van der Waals surface area (Å²) in [6.45, 7) is 1.42. The molecule has 0 bridgehead atoms. The van der Waals surface area contributed by atoms with E-state index in [2.05, 4.69) is 0 Å². The minimum Gasteiger partial charge on any atom is -0.300 e. The minimum atomic E-state index is -3.04. The van der Waals surface area contributed by atoms with E-state index in [9.17, 15) is 17.4 Å². The molecule has 13 heavy (non-hydrogen) atoms. The van der Waals surface area contributed by atoms with Gasteiger partial charge in [-0.05, 0) is 6.92 Å². The fourth-order valence-electron chi connectivity index (χ4n) is 0.604. The number of ketones is 1. The summed E-state index contributed by atoms with van der Waals surface area (Å²) in [5.74, 6) is 0.307.